The third-order valence-electron chi connectivity index (χ3n) is 7.52. The van der Waals surface area contributed by atoms with E-state index in [9.17, 15) is 0 Å². The van der Waals surface area contributed by atoms with Crippen molar-refractivity contribution in [2.45, 2.75) is 97.6 Å². The van der Waals surface area contributed by atoms with Crippen LogP contribution in [0.25, 0.3) is 5.76 Å². The molecule has 0 aliphatic rings. The smallest absolute Gasteiger partial charge is 0.192 e. The van der Waals surface area contributed by atoms with Crippen LogP contribution in [-0.4, -0.2) is 16.6 Å². The molecule has 0 spiro atoms. The summed E-state index contributed by atoms with van der Waals surface area (Å²) in [6, 6.07) is 16.8. The Morgan fingerprint density at radius 3 is 1.29 bits per heavy atom. The third kappa shape index (κ3) is 7.94. The van der Waals surface area contributed by atoms with Gasteiger partial charge in [0.05, 0.1) is 13.2 Å². The maximum Gasteiger partial charge on any atom is 0.192 e. The van der Waals surface area contributed by atoms with Gasteiger partial charge in [-0.2, -0.15) is 0 Å². The molecule has 0 atom stereocenters. The SMILES string of the molecule is C=C(OCc1ccc(CO[Si](C)(C)C(C)(C)C)cc1)c1ccc(CO[Si](C)(C)C(C)(C)C)cc1. The van der Waals surface area contributed by atoms with E-state index in [0.29, 0.717) is 25.6 Å². The minimum atomic E-state index is -1.75. The van der Waals surface area contributed by atoms with E-state index in [4.69, 9.17) is 13.6 Å². The van der Waals surface area contributed by atoms with Gasteiger partial charge in [0.1, 0.15) is 12.4 Å². The van der Waals surface area contributed by atoms with Crippen LogP contribution in [-0.2, 0) is 33.4 Å². The fraction of sp³-hybridized carbons (Fsp3) is 0.517. The standard InChI is InChI=1S/C29H46O3Si2/c1-23(27-18-16-26(17-19-27)22-32-34(10,11)29(5,6)7)30-20-24-12-14-25(15-13-24)21-31-33(8,9)28(2,3)4/h12-19H,1,20-22H2,2-11H3. The molecule has 0 unspecified atom stereocenters. The molecule has 3 nitrogen and oxygen atoms in total. The number of hydrogen-bond donors (Lipinski definition) is 0. The van der Waals surface area contributed by atoms with Crippen molar-refractivity contribution < 1.29 is 13.6 Å². The number of rotatable bonds is 10. The van der Waals surface area contributed by atoms with Gasteiger partial charge in [0.2, 0.25) is 0 Å². The topological polar surface area (TPSA) is 27.7 Å². The molecule has 0 saturated heterocycles. The minimum Gasteiger partial charge on any atom is -0.489 e. The van der Waals surface area contributed by atoms with Gasteiger partial charge in [-0.1, -0.05) is 96.7 Å². The Morgan fingerprint density at radius 1 is 0.618 bits per heavy atom. The molecule has 0 saturated carbocycles. The van der Waals surface area contributed by atoms with E-state index in [1.165, 1.54) is 11.1 Å². The van der Waals surface area contributed by atoms with Crippen LogP contribution in [0.5, 0.6) is 0 Å². The third-order valence-corrected chi connectivity index (χ3v) is 16.5. The molecule has 0 N–H and O–H groups in total. The highest BCUT2D eigenvalue weighted by atomic mass is 28.4. The lowest BCUT2D eigenvalue weighted by Crippen LogP contribution is -2.40. The Hall–Kier alpha value is -1.67. The van der Waals surface area contributed by atoms with Crippen molar-refractivity contribution in [3.8, 4) is 0 Å². The summed E-state index contributed by atoms with van der Waals surface area (Å²) in [5.41, 5.74) is 4.49. The van der Waals surface area contributed by atoms with E-state index in [1.807, 2.05) is 0 Å². The van der Waals surface area contributed by atoms with Gasteiger partial charge >= 0.3 is 0 Å². The number of hydrogen-bond acceptors (Lipinski definition) is 3. The van der Waals surface area contributed by atoms with Crippen LogP contribution in [0.3, 0.4) is 0 Å². The Bertz CT molecular complexity index is 931. The van der Waals surface area contributed by atoms with Crippen LogP contribution in [0, 0.1) is 0 Å². The quantitative estimate of drug-likeness (QED) is 0.242. The van der Waals surface area contributed by atoms with Crippen LogP contribution in [0.2, 0.25) is 36.3 Å². The number of ether oxygens (including phenoxy) is 1. The molecular weight excluding hydrogens is 452 g/mol. The van der Waals surface area contributed by atoms with E-state index < -0.39 is 16.6 Å². The Balaban J connectivity index is 1.85. The largest absolute Gasteiger partial charge is 0.489 e. The van der Waals surface area contributed by atoms with Crippen molar-refractivity contribution in [1.29, 1.82) is 0 Å². The molecule has 2 aromatic rings. The fourth-order valence-corrected chi connectivity index (χ4v) is 4.65. The fourth-order valence-electron chi connectivity index (χ4n) is 2.73. The Kier molecular flexibility index (Phi) is 9.19. The zero-order valence-corrected chi connectivity index (χ0v) is 25.2. The molecule has 0 aromatic heterocycles. The first-order valence-electron chi connectivity index (χ1n) is 12.3. The highest BCUT2D eigenvalue weighted by Gasteiger charge is 2.37. The summed E-state index contributed by atoms with van der Waals surface area (Å²) >= 11 is 0. The van der Waals surface area contributed by atoms with Crippen LogP contribution in [0.1, 0.15) is 63.8 Å². The molecule has 0 aliphatic heterocycles. The normalized spacial score (nSPS) is 13.1. The molecule has 5 heteroatoms. The Labute approximate surface area is 210 Å². The van der Waals surface area contributed by atoms with Gasteiger partial charge in [-0.3, -0.25) is 0 Å². The molecule has 0 bridgehead atoms. The molecule has 188 valence electrons. The molecule has 0 aliphatic carbocycles. The maximum absolute atomic E-state index is 6.33. The molecule has 0 radical (unpaired) electrons. The molecule has 0 fully saturated rings. The second-order valence-electron chi connectivity index (χ2n) is 12.3. The van der Waals surface area contributed by atoms with Crippen molar-refractivity contribution in [1.82, 2.24) is 0 Å². The van der Waals surface area contributed by atoms with Crippen molar-refractivity contribution in [3.05, 3.63) is 77.4 Å². The predicted molar refractivity (Wildman–Crippen MR) is 151 cm³/mol. The van der Waals surface area contributed by atoms with Gasteiger partial charge in [-0.25, -0.2) is 0 Å². The van der Waals surface area contributed by atoms with Gasteiger partial charge in [0.25, 0.3) is 0 Å². The van der Waals surface area contributed by atoms with Crippen LogP contribution in [0.15, 0.2) is 55.1 Å². The second kappa shape index (κ2) is 10.9. The zero-order valence-electron chi connectivity index (χ0n) is 23.2. The lowest BCUT2D eigenvalue weighted by molar-refractivity contribution is 0.264. The summed E-state index contributed by atoms with van der Waals surface area (Å²) in [5.74, 6) is 0.683. The molecule has 2 rings (SSSR count). The van der Waals surface area contributed by atoms with Crippen LogP contribution in [0.4, 0.5) is 0 Å². The van der Waals surface area contributed by atoms with Crippen molar-refractivity contribution >= 4 is 22.4 Å². The molecule has 0 heterocycles. The maximum atomic E-state index is 6.33. The highest BCUT2D eigenvalue weighted by Crippen LogP contribution is 2.38. The highest BCUT2D eigenvalue weighted by molar-refractivity contribution is 6.74. The lowest BCUT2D eigenvalue weighted by Gasteiger charge is -2.36. The first kappa shape index (κ1) is 28.6. The van der Waals surface area contributed by atoms with Crippen molar-refractivity contribution in [2.24, 2.45) is 0 Å². The van der Waals surface area contributed by atoms with Gasteiger partial charge < -0.3 is 13.6 Å². The average molecular weight is 499 g/mol. The minimum absolute atomic E-state index is 0.213. The summed E-state index contributed by atoms with van der Waals surface area (Å²) in [5, 5.41) is 0.433. The van der Waals surface area contributed by atoms with E-state index in [2.05, 4.69) is 123 Å². The first-order valence-corrected chi connectivity index (χ1v) is 18.1. The molecular formula is C29H46O3Si2. The summed E-state index contributed by atoms with van der Waals surface area (Å²) in [4.78, 5) is 0. The summed E-state index contributed by atoms with van der Waals surface area (Å²) in [6.45, 7) is 28.7. The van der Waals surface area contributed by atoms with Gasteiger partial charge in [0.15, 0.2) is 16.6 Å². The van der Waals surface area contributed by atoms with Gasteiger partial charge in [0, 0.05) is 5.56 Å². The summed E-state index contributed by atoms with van der Waals surface area (Å²) in [7, 11) is -3.49. The Morgan fingerprint density at radius 2 is 0.941 bits per heavy atom. The molecule has 0 amide bonds. The average Bonchev–Trinajstić information content (AvgIpc) is 2.74. The summed E-state index contributed by atoms with van der Waals surface area (Å²) in [6.07, 6.45) is 0. The summed E-state index contributed by atoms with van der Waals surface area (Å²) < 4.78 is 18.6. The van der Waals surface area contributed by atoms with Gasteiger partial charge in [-0.15, -0.1) is 0 Å². The van der Waals surface area contributed by atoms with E-state index in [0.717, 1.165) is 11.1 Å². The van der Waals surface area contributed by atoms with E-state index in [-0.39, 0.29) is 10.1 Å². The van der Waals surface area contributed by atoms with E-state index in [1.54, 1.807) is 0 Å². The predicted octanol–water partition coefficient (Wildman–Crippen LogP) is 8.92. The van der Waals surface area contributed by atoms with Crippen LogP contribution < -0.4 is 0 Å². The molecule has 34 heavy (non-hydrogen) atoms. The lowest BCUT2D eigenvalue weighted by atomic mass is 10.1. The van der Waals surface area contributed by atoms with Crippen LogP contribution >= 0.6 is 0 Å². The first-order chi connectivity index (χ1) is 15.5. The monoisotopic (exact) mass is 498 g/mol. The van der Waals surface area contributed by atoms with Crippen molar-refractivity contribution in [2.75, 3.05) is 0 Å². The van der Waals surface area contributed by atoms with E-state index >= 15 is 0 Å². The second-order valence-corrected chi connectivity index (χ2v) is 21.9. The number of benzene rings is 2. The zero-order chi connectivity index (χ0) is 25.8. The van der Waals surface area contributed by atoms with Crippen molar-refractivity contribution in [3.63, 3.8) is 0 Å². The molecule has 2 aromatic carbocycles. The van der Waals surface area contributed by atoms with Gasteiger partial charge in [-0.05, 0) is 53.0 Å².